The molecule has 0 rings (SSSR count). The molecule has 0 aliphatic heterocycles. The summed E-state index contributed by atoms with van der Waals surface area (Å²) in [6, 6.07) is 0. The fraction of sp³-hybridized carbons (Fsp3) is 1.00. The normalized spacial score (nSPS) is 15.0. The van der Waals surface area contributed by atoms with Crippen molar-refractivity contribution in [3.05, 3.63) is 0 Å². The third-order valence-corrected chi connectivity index (χ3v) is 0.827. The summed E-state index contributed by atoms with van der Waals surface area (Å²) in [5.74, 6) is 0. The van der Waals surface area contributed by atoms with E-state index in [1.807, 2.05) is 21.1 Å². The molecule has 0 saturated carbocycles. The van der Waals surface area contributed by atoms with Crippen molar-refractivity contribution >= 4 is 0 Å². The highest BCUT2D eigenvalue weighted by atomic mass is 16.3. The first-order valence-electron chi connectivity index (χ1n) is 2.32. The summed E-state index contributed by atoms with van der Waals surface area (Å²) < 4.78 is 0. The van der Waals surface area contributed by atoms with Crippen molar-refractivity contribution in [1.29, 1.82) is 0 Å². The summed E-state index contributed by atoms with van der Waals surface area (Å²) in [4.78, 5) is 1.72. The number of aliphatic hydroxyl groups excluding tert-OH is 1. The number of nitrogens with two attached hydrogens (primary N) is 1. The van der Waals surface area contributed by atoms with E-state index in [1.165, 1.54) is 0 Å². The summed E-state index contributed by atoms with van der Waals surface area (Å²) in [5, 5.41) is 10.5. The van der Waals surface area contributed by atoms with Gasteiger partial charge in [0, 0.05) is 0 Å². The molecule has 0 fully saturated rings. The summed E-state index contributed by atoms with van der Waals surface area (Å²) in [6.07, 6.45) is -0.389. The van der Waals surface area contributed by atoms with Crippen molar-refractivity contribution in [3.8, 4) is 0 Å². The van der Waals surface area contributed by atoms with Gasteiger partial charge in [0.15, 0.2) is 0 Å². The maximum atomic E-state index is 8.81. The molecule has 0 aromatic rings. The van der Waals surface area contributed by atoms with Crippen LogP contribution in [0, 0.1) is 0 Å². The van der Waals surface area contributed by atoms with Gasteiger partial charge in [-0.25, -0.2) is 4.90 Å². The summed E-state index contributed by atoms with van der Waals surface area (Å²) in [5.41, 5.74) is 0. The molecular weight excluding hydrogens is 92.1 g/mol. The van der Waals surface area contributed by atoms with Crippen LogP contribution in [-0.4, -0.2) is 37.5 Å². The lowest BCUT2D eigenvalue weighted by Crippen LogP contribution is -2.89. The van der Waals surface area contributed by atoms with Crippen LogP contribution in [0.4, 0.5) is 0 Å². The van der Waals surface area contributed by atoms with Crippen LogP contribution in [0.15, 0.2) is 0 Å². The molecule has 7 heavy (non-hydrogen) atoms. The summed E-state index contributed by atoms with van der Waals surface area (Å²) >= 11 is 0. The lowest BCUT2D eigenvalue weighted by Gasteiger charge is -2.12. The van der Waals surface area contributed by atoms with Gasteiger partial charge in [-0.05, 0) is 14.1 Å². The molecule has 44 valence electrons. The Morgan fingerprint density at radius 3 is 2.00 bits per heavy atom. The van der Waals surface area contributed by atoms with E-state index in [9.17, 15) is 0 Å². The molecule has 0 aromatic carbocycles. The average Bonchev–Trinajstić information content (AvgIpc) is 1.65. The van der Waals surface area contributed by atoms with Crippen molar-refractivity contribution in [1.82, 2.24) is 4.90 Å². The molecule has 0 aliphatic carbocycles. The zero-order chi connectivity index (χ0) is 5.86. The fourth-order valence-electron chi connectivity index (χ4n) is 0.298. The minimum absolute atomic E-state index is 0.389. The largest absolute Gasteiger partial charge is 0.332 e. The van der Waals surface area contributed by atoms with Gasteiger partial charge >= 0.3 is 0 Å². The van der Waals surface area contributed by atoms with Crippen LogP contribution in [-0.2, 0) is 0 Å². The van der Waals surface area contributed by atoms with Crippen LogP contribution in [0.25, 0.3) is 0 Å². The van der Waals surface area contributed by atoms with Gasteiger partial charge in [0.1, 0.15) is 0 Å². The van der Waals surface area contributed by atoms with E-state index in [4.69, 9.17) is 5.11 Å². The molecule has 3 N–H and O–H groups in total. The van der Waals surface area contributed by atoms with Crippen molar-refractivity contribution in [3.63, 3.8) is 0 Å². The molecule has 0 aromatic heterocycles. The second-order valence-electron chi connectivity index (χ2n) is 1.71. The minimum Gasteiger partial charge on any atom is -0.332 e. The zero-order valence-electron chi connectivity index (χ0n) is 5.05. The van der Waals surface area contributed by atoms with E-state index in [0.717, 1.165) is 0 Å². The SMILES string of the molecule is C[NH2+]C(O)N(C)C. The van der Waals surface area contributed by atoms with Gasteiger partial charge < -0.3 is 10.4 Å². The third kappa shape index (κ3) is 2.56. The third-order valence-electron chi connectivity index (χ3n) is 0.827. The highest BCUT2D eigenvalue weighted by Gasteiger charge is 2.02. The van der Waals surface area contributed by atoms with E-state index in [1.54, 1.807) is 10.2 Å². The standard InChI is InChI=1S/C4H12N2O/c1-5-4(7)6(2)3/h4-5,7H,1-3H3/p+1. The second-order valence-corrected chi connectivity index (χ2v) is 1.71. The van der Waals surface area contributed by atoms with Crippen LogP contribution in [0.5, 0.6) is 0 Å². The zero-order valence-corrected chi connectivity index (χ0v) is 5.05. The Kier molecular flexibility index (Phi) is 2.91. The van der Waals surface area contributed by atoms with Gasteiger partial charge in [0.2, 0.25) is 6.35 Å². The van der Waals surface area contributed by atoms with Crippen molar-refractivity contribution in [2.75, 3.05) is 21.1 Å². The number of quaternary nitrogens is 1. The predicted octanol–water partition coefficient (Wildman–Crippen LogP) is -1.98. The maximum Gasteiger partial charge on any atom is 0.249 e. The van der Waals surface area contributed by atoms with E-state index in [-0.39, 0.29) is 6.35 Å². The maximum absolute atomic E-state index is 8.81. The van der Waals surface area contributed by atoms with Crippen LogP contribution < -0.4 is 5.32 Å². The number of aliphatic hydroxyl groups is 1. The first-order valence-corrected chi connectivity index (χ1v) is 2.32. The Hall–Kier alpha value is -0.120. The van der Waals surface area contributed by atoms with Gasteiger partial charge in [-0.3, -0.25) is 0 Å². The van der Waals surface area contributed by atoms with Crippen molar-refractivity contribution in [2.24, 2.45) is 0 Å². The van der Waals surface area contributed by atoms with Crippen molar-refractivity contribution < 1.29 is 10.4 Å². The van der Waals surface area contributed by atoms with E-state index < -0.39 is 0 Å². The van der Waals surface area contributed by atoms with Gasteiger partial charge in [0.05, 0.1) is 7.05 Å². The Bertz CT molecular complexity index is 47.0. The van der Waals surface area contributed by atoms with Crippen LogP contribution >= 0.6 is 0 Å². The van der Waals surface area contributed by atoms with Crippen LogP contribution in [0.2, 0.25) is 0 Å². The van der Waals surface area contributed by atoms with Gasteiger partial charge in [0.25, 0.3) is 0 Å². The summed E-state index contributed by atoms with van der Waals surface area (Å²) in [6.45, 7) is 0. The molecule has 0 heterocycles. The van der Waals surface area contributed by atoms with Gasteiger partial charge in [-0.15, -0.1) is 0 Å². The Balaban J connectivity index is 3.14. The van der Waals surface area contributed by atoms with Crippen LogP contribution in [0.3, 0.4) is 0 Å². The predicted molar refractivity (Wildman–Crippen MR) is 27.5 cm³/mol. The topological polar surface area (TPSA) is 40.1 Å². The quantitative estimate of drug-likeness (QED) is 0.399. The van der Waals surface area contributed by atoms with Gasteiger partial charge in [-0.2, -0.15) is 0 Å². The van der Waals surface area contributed by atoms with E-state index >= 15 is 0 Å². The molecule has 1 unspecified atom stereocenters. The summed E-state index contributed by atoms with van der Waals surface area (Å²) in [7, 11) is 5.47. The number of nitrogens with zero attached hydrogens (tertiary/aromatic N) is 1. The monoisotopic (exact) mass is 105 g/mol. The minimum atomic E-state index is -0.389. The Labute approximate surface area is 43.9 Å². The molecular formula is C4H13N2O+. The lowest BCUT2D eigenvalue weighted by atomic mass is 10.8. The molecule has 0 aliphatic rings. The molecule has 3 heteroatoms. The highest BCUT2D eigenvalue weighted by Crippen LogP contribution is 1.69. The second kappa shape index (κ2) is 2.96. The lowest BCUT2D eigenvalue weighted by molar-refractivity contribution is -0.721. The average molecular weight is 105 g/mol. The molecule has 0 saturated heterocycles. The van der Waals surface area contributed by atoms with E-state index in [2.05, 4.69) is 0 Å². The Morgan fingerprint density at radius 1 is 1.57 bits per heavy atom. The first kappa shape index (κ1) is 6.88. The van der Waals surface area contributed by atoms with Crippen molar-refractivity contribution in [2.45, 2.75) is 6.35 Å². The molecule has 0 spiro atoms. The molecule has 0 amide bonds. The first-order chi connectivity index (χ1) is 3.18. The fourth-order valence-corrected chi connectivity index (χ4v) is 0.298. The molecule has 0 radical (unpaired) electrons. The van der Waals surface area contributed by atoms with Gasteiger partial charge in [-0.1, -0.05) is 0 Å². The Morgan fingerprint density at radius 2 is 2.00 bits per heavy atom. The highest BCUT2D eigenvalue weighted by molar-refractivity contribution is 4.25. The van der Waals surface area contributed by atoms with Crippen LogP contribution in [0.1, 0.15) is 0 Å². The number of hydrogen-bond donors (Lipinski definition) is 2. The molecule has 1 atom stereocenters. The van der Waals surface area contributed by atoms with E-state index in [0.29, 0.717) is 0 Å². The smallest absolute Gasteiger partial charge is 0.249 e. The molecule has 0 bridgehead atoms. The number of rotatable bonds is 2. The molecule has 3 nitrogen and oxygen atoms in total. The number of hydrogen-bond acceptors (Lipinski definition) is 2.